The van der Waals surface area contributed by atoms with Crippen molar-refractivity contribution in [1.82, 2.24) is 14.1 Å². The Hall–Kier alpha value is -3.39. The Morgan fingerprint density at radius 1 is 1.30 bits per heavy atom. The minimum absolute atomic E-state index is 0.0906. The molecular formula is C25H31N5O3. The molecule has 2 N–H and O–H groups in total. The first kappa shape index (κ1) is 22.8. The van der Waals surface area contributed by atoms with Crippen LogP contribution in [0.3, 0.4) is 0 Å². The van der Waals surface area contributed by atoms with Gasteiger partial charge in [-0.05, 0) is 38.8 Å². The molecule has 0 spiro atoms. The van der Waals surface area contributed by atoms with Crippen LogP contribution in [0.4, 0.5) is 5.82 Å². The number of fused-ring (bicyclic) bond motifs is 1. The standard InChI is InChI=1S/C25H31N5O3/c1-17(2)9-11-30-23(28-10-5-7-19(26)14-28)13-21-24(30)25(32)29(16-27-21)15-22(31)18-6-4-8-20(12-18)33-3/h4,6,8-9,12-13,16,19H,5,7,10-11,14-15,26H2,1-3H3. The molecule has 1 aromatic carbocycles. The van der Waals surface area contributed by atoms with E-state index in [1.807, 2.05) is 24.5 Å². The molecule has 1 fully saturated rings. The van der Waals surface area contributed by atoms with E-state index in [4.69, 9.17) is 10.5 Å². The summed E-state index contributed by atoms with van der Waals surface area (Å²) in [6, 6.07) is 9.00. The van der Waals surface area contributed by atoms with Gasteiger partial charge in [-0.15, -0.1) is 0 Å². The molecule has 8 heteroatoms. The number of allylic oxidation sites excluding steroid dienone is 2. The summed E-state index contributed by atoms with van der Waals surface area (Å²) in [6.07, 6.45) is 5.56. The molecule has 33 heavy (non-hydrogen) atoms. The van der Waals surface area contributed by atoms with E-state index < -0.39 is 0 Å². The number of rotatable bonds is 7. The number of nitrogens with two attached hydrogens (primary N) is 1. The molecule has 3 aromatic rings. The van der Waals surface area contributed by atoms with Crippen molar-refractivity contribution in [2.24, 2.45) is 5.73 Å². The van der Waals surface area contributed by atoms with E-state index in [1.54, 1.807) is 31.4 Å². The fourth-order valence-electron chi connectivity index (χ4n) is 4.26. The molecule has 1 aliphatic heterocycles. The van der Waals surface area contributed by atoms with Crippen LogP contribution in [0.1, 0.15) is 37.0 Å². The van der Waals surface area contributed by atoms with Crippen LogP contribution in [-0.4, -0.2) is 46.1 Å². The van der Waals surface area contributed by atoms with Gasteiger partial charge in [-0.25, -0.2) is 4.98 Å². The molecule has 1 aliphatic rings. The van der Waals surface area contributed by atoms with Gasteiger partial charge in [0, 0.05) is 37.3 Å². The average molecular weight is 450 g/mol. The first-order chi connectivity index (χ1) is 15.9. The molecule has 3 heterocycles. The number of piperidine rings is 1. The van der Waals surface area contributed by atoms with Crippen LogP contribution < -0.4 is 20.9 Å². The van der Waals surface area contributed by atoms with Crippen LogP contribution in [0.25, 0.3) is 11.0 Å². The van der Waals surface area contributed by atoms with E-state index in [0.29, 0.717) is 28.9 Å². The Labute approximate surface area is 193 Å². The third kappa shape index (κ3) is 4.85. The van der Waals surface area contributed by atoms with E-state index in [-0.39, 0.29) is 23.9 Å². The first-order valence-electron chi connectivity index (χ1n) is 11.3. The minimum atomic E-state index is -0.231. The lowest BCUT2D eigenvalue weighted by molar-refractivity contribution is 0.0970. The van der Waals surface area contributed by atoms with Crippen LogP contribution in [0.15, 0.2) is 53.1 Å². The quantitative estimate of drug-likeness (QED) is 0.440. The Morgan fingerprint density at radius 3 is 2.85 bits per heavy atom. The van der Waals surface area contributed by atoms with Crippen LogP contribution >= 0.6 is 0 Å². The number of carbonyl (C=O) groups is 1. The molecule has 0 radical (unpaired) electrons. The lowest BCUT2D eigenvalue weighted by atomic mass is 10.1. The molecule has 1 saturated heterocycles. The lowest BCUT2D eigenvalue weighted by Crippen LogP contribution is -2.43. The molecule has 1 atom stereocenters. The number of nitrogens with zero attached hydrogens (tertiary/aromatic N) is 4. The second-order valence-corrected chi connectivity index (χ2v) is 8.81. The van der Waals surface area contributed by atoms with E-state index in [9.17, 15) is 9.59 Å². The maximum atomic E-state index is 13.5. The number of benzene rings is 1. The van der Waals surface area contributed by atoms with Gasteiger partial charge in [0.1, 0.15) is 17.1 Å². The number of anilines is 1. The maximum Gasteiger partial charge on any atom is 0.278 e. The van der Waals surface area contributed by atoms with E-state index in [2.05, 4.69) is 16.0 Å². The maximum absolute atomic E-state index is 13.5. The Balaban J connectivity index is 1.75. The van der Waals surface area contributed by atoms with Gasteiger partial charge < -0.3 is 19.9 Å². The van der Waals surface area contributed by atoms with Gasteiger partial charge in [-0.2, -0.15) is 0 Å². The number of ether oxygens (including phenoxy) is 1. The van der Waals surface area contributed by atoms with Gasteiger partial charge in [-0.3, -0.25) is 14.2 Å². The number of carbonyl (C=O) groups excluding carboxylic acids is 1. The number of aromatic nitrogens is 3. The molecule has 0 bridgehead atoms. The topological polar surface area (TPSA) is 95.4 Å². The number of hydrogen-bond acceptors (Lipinski definition) is 6. The SMILES string of the molecule is COc1cccc(C(=O)Cn2cnc3cc(N4CCCC(N)C4)n(CC=C(C)C)c3c2=O)c1. The summed E-state index contributed by atoms with van der Waals surface area (Å²) in [6.45, 7) is 6.16. The van der Waals surface area contributed by atoms with Gasteiger partial charge in [0.15, 0.2) is 5.78 Å². The van der Waals surface area contributed by atoms with Crippen LogP contribution in [0, 0.1) is 0 Å². The third-order valence-electron chi connectivity index (χ3n) is 6.02. The van der Waals surface area contributed by atoms with Crippen molar-refractivity contribution in [2.75, 3.05) is 25.1 Å². The van der Waals surface area contributed by atoms with Crippen molar-refractivity contribution in [3.8, 4) is 5.75 Å². The van der Waals surface area contributed by atoms with Crippen molar-refractivity contribution in [3.05, 3.63) is 64.2 Å². The van der Waals surface area contributed by atoms with Crippen LogP contribution in [-0.2, 0) is 13.1 Å². The minimum Gasteiger partial charge on any atom is -0.497 e. The molecule has 0 aliphatic carbocycles. The normalized spacial score (nSPS) is 16.1. The summed E-state index contributed by atoms with van der Waals surface area (Å²) < 4.78 is 8.60. The van der Waals surface area contributed by atoms with Crippen molar-refractivity contribution >= 4 is 22.6 Å². The largest absolute Gasteiger partial charge is 0.497 e. The lowest BCUT2D eigenvalue weighted by Gasteiger charge is -2.33. The van der Waals surface area contributed by atoms with Crippen LogP contribution in [0.5, 0.6) is 5.75 Å². The van der Waals surface area contributed by atoms with E-state index >= 15 is 0 Å². The summed E-state index contributed by atoms with van der Waals surface area (Å²) in [4.78, 5) is 33.2. The summed E-state index contributed by atoms with van der Waals surface area (Å²) in [5.74, 6) is 1.36. The van der Waals surface area contributed by atoms with Crippen molar-refractivity contribution in [2.45, 2.75) is 45.8 Å². The van der Waals surface area contributed by atoms with E-state index in [0.717, 1.165) is 37.3 Å². The summed E-state index contributed by atoms with van der Waals surface area (Å²) in [5.41, 5.74) is 8.77. The van der Waals surface area contributed by atoms with Gasteiger partial charge in [0.2, 0.25) is 0 Å². The number of ketones is 1. The van der Waals surface area contributed by atoms with Crippen molar-refractivity contribution in [1.29, 1.82) is 0 Å². The third-order valence-corrected chi connectivity index (χ3v) is 6.02. The predicted molar refractivity (Wildman–Crippen MR) is 130 cm³/mol. The fourth-order valence-corrected chi connectivity index (χ4v) is 4.26. The fraction of sp³-hybridized carbons (Fsp3) is 0.400. The zero-order chi connectivity index (χ0) is 23.5. The highest BCUT2D eigenvalue weighted by atomic mass is 16.5. The molecule has 4 rings (SSSR count). The second-order valence-electron chi connectivity index (χ2n) is 8.81. The molecular weight excluding hydrogens is 418 g/mol. The Bertz CT molecular complexity index is 1250. The molecule has 8 nitrogen and oxygen atoms in total. The smallest absolute Gasteiger partial charge is 0.278 e. The number of Topliss-reactive ketones (excluding diaryl/α,β-unsaturated/α-hetero) is 1. The van der Waals surface area contributed by atoms with Gasteiger partial charge >= 0.3 is 0 Å². The highest BCUT2D eigenvalue weighted by molar-refractivity contribution is 5.96. The second kappa shape index (κ2) is 9.62. The van der Waals surface area contributed by atoms with Crippen molar-refractivity contribution in [3.63, 3.8) is 0 Å². The zero-order valence-corrected chi connectivity index (χ0v) is 19.5. The monoisotopic (exact) mass is 449 g/mol. The Kier molecular flexibility index (Phi) is 6.65. The highest BCUT2D eigenvalue weighted by Gasteiger charge is 2.23. The molecule has 1 unspecified atom stereocenters. The molecule has 0 saturated carbocycles. The Morgan fingerprint density at radius 2 is 2.12 bits per heavy atom. The van der Waals surface area contributed by atoms with Gasteiger partial charge in [0.05, 0.1) is 25.5 Å². The first-order valence-corrected chi connectivity index (χ1v) is 11.3. The zero-order valence-electron chi connectivity index (χ0n) is 19.5. The van der Waals surface area contributed by atoms with E-state index in [1.165, 1.54) is 10.9 Å². The number of methoxy groups -OCH3 is 1. The highest BCUT2D eigenvalue weighted by Crippen LogP contribution is 2.26. The summed E-state index contributed by atoms with van der Waals surface area (Å²) in [5, 5.41) is 0. The predicted octanol–water partition coefficient (Wildman–Crippen LogP) is 2.98. The molecule has 0 amide bonds. The summed E-state index contributed by atoms with van der Waals surface area (Å²) >= 11 is 0. The van der Waals surface area contributed by atoms with Gasteiger partial charge in [-0.1, -0.05) is 23.8 Å². The van der Waals surface area contributed by atoms with Crippen molar-refractivity contribution < 1.29 is 9.53 Å². The molecule has 2 aromatic heterocycles. The summed E-state index contributed by atoms with van der Waals surface area (Å²) in [7, 11) is 1.55. The molecule has 174 valence electrons. The van der Waals surface area contributed by atoms with Gasteiger partial charge in [0.25, 0.3) is 5.56 Å². The number of hydrogen-bond donors (Lipinski definition) is 1. The van der Waals surface area contributed by atoms with Crippen LogP contribution in [0.2, 0.25) is 0 Å². The average Bonchev–Trinajstić information content (AvgIpc) is 3.19.